The second-order valence-electron chi connectivity index (χ2n) is 6.37. The molecular formula is C23H19N3O3. The van der Waals surface area contributed by atoms with Crippen molar-refractivity contribution in [2.45, 2.75) is 6.04 Å². The van der Waals surface area contributed by atoms with Gasteiger partial charge in [0.15, 0.2) is 0 Å². The Balaban J connectivity index is 1.65. The summed E-state index contributed by atoms with van der Waals surface area (Å²) in [6.45, 7) is 0. The number of benzene rings is 3. The number of hydrogen-bond donors (Lipinski definition) is 1. The summed E-state index contributed by atoms with van der Waals surface area (Å²) in [6.07, 6.45) is 0. The lowest BCUT2D eigenvalue weighted by Crippen LogP contribution is -2.13. The number of anilines is 1. The molecule has 1 aromatic heterocycles. The number of nitrogens with one attached hydrogen (secondary N) is 1. The van der Waals surface area contributed by atoms with E-state index in [0.29, 0.717) is 17.3 Å². The van der Waals surface area contributed by atoms with Crippen LogP contribution in [0.15, 0.2) is 89.3 Å². The molecule has 0 unspecified atom stereocenters. The lowest BCUT2D eigenvalue weighted by Gasteiger charge is -2.17. The molecule has 144 valence electrons. The number of nitrogens with zero attached hydrogens (tertiary/aromatic N) is 2. The highest BCUT2D eigenvalue weighted by Crippen LogP contribution is 2.28. The number of aromatic nitrogens is 2. The molecule has 0 saturated carbocycles. The molecule has 0 saturated heterocycles. The van der Waals surface area contributed by atoms with Crippen LogP contribution in [0.2, 0.25) is 0 Å². The van der Waals surface area contributed by atoms with Gasteiger partial charge in [-0.1, -0.05) is 48.5 Å². The average Bonchev–Trinajstić information content (AvgIpc) is 3.28. The van der Waals surface area contributed by atoms with Gasteiger partial charge in [-0.05, 0) is 42.0 Å². The van der Waals surface area contributed by atoms with E-state index in [1.165, 1.54) is 7.11 Å². The largest absolute Gasteiger partial charge is 0.465 e. The average molecular weight is 385 g/mol. The van der Waals surface area contributed by atoms with Crippen molar-refractivity contribution in [1.29, 1.82) is 0 Å². The zero-order valence-electron chi connectivity index (χ0n) is 15.8. The summed E-state index contributed by atoms with van der Waals surface area (Å²) in [5.41, 5.74) is 3.14. The van der Waals surface area contributed by atoms with Gasteiger partial charge in [0.25, 0.3) is 0 Å². The van der Waals surface area contributed by atoms with E-state index in [9.17, 15) is 4.79 Å². The van der Waals surface area contributed by atoms with E-state index in [0.717, 1.165) is 16.8 Å². The molecule has 29 heavy (non-hydrogen) atoms. The zero-order chi connectivity index (χ0) is 20.1. The number of ether oxygens (including phenoxy) is 1. The summed E-state index contributed by atoms with van der Waals surface area (Å²) in [4.78, 5) is 11.7. The number of carbonyl (C=O) groups is 1. The first kappa shape index (κ1) is 18.4. The summed E-state index contributed by atoms with van der Waals surface area (Å²) >= 11 is 0. The number of hydrogen-bond acceptors (Lipinski definition) is 6. The third-order valence-corrected chi connectivity index (χ3v) is 4.46. The molecule has 0 aliphatic carbocycles. The number of methoxy groups -OCH3 is 1. The molecule has 0 fully saturated rings. The van der Waals surface area contributed by atoms with Crippen molar-refractivity contribution < 1.29 is 13.9 Å². The molecular weight excluding hydrogens is 366 g/mol. The van der Waals surface area contributed by atoms with Crippen LogP contribution in [0.1, 0.15) is 27.9 Å². The predicted molar refractivity (Wildman–Crippen MR) is 109 cm³/mol. The molecule has 0 spiro atoms. The molecule has 0 aliphatic heterocycles. The fourth-order valence-corrected chi connectivity index (χ4v) is 2.97. The second kappa shape index (κ2) is 8.39. The molecule has 6 heteroatoms. The second-order valence-corrected chi connectivity index (χ2v) is 6.37. The Kier molecular flexibility index (Phi) is 5.33. The van der Waals surface area contributed by atoms with E-state index in [1.807, 2.05) is 72.8 Å². The van der Waals surface area contributed by atoms with Gasteiger partial charge in [0.05, 0.1) is 12.7 Å². The summed E-state index contributed by atoms with van der Waals surface area (Å²) < 4.78 is 10.7. The molecule has 0 radical (unpaired) electrons. The van der Waals surface area contributed by atoms with Gasteiger partial charge in [-0.25, -0.2) is 4.79 Å². The molecule has 1 N–H and O–H groups in total. The van der Waals surface area contributed by atoms with Crippen LogP contribution in [0.25, 0.3) is 11.5 Å². The van der Waals surface area contributed by atoms with E-state index in [1.54, 1.807) is 12.1 Å². The molecule has 1 heterocycles. The van der Waals surface area contributed by atoms with Crippen LogP contribution in [0.3, 0.4) is 0 Å². The third-order valence-electron chi connectivity index (χ3n) is 4.46. The maximum Gasteiger partial charge on any atom is 0.337 e. The Morgan fingerprint density at radius 3 is 2.21 bits per heavy atom. The molecule has 3 aromatic carbocycles. The maximum atomic E-state index is 11.7. The van der Waals surface area contributed by atoms with E-state index >= 15 is 0 Å². The highest BCUT2D eigenvalue weighted by Gasteiger charge is 2.21. The van der Waals surface area contributed by atoms with Crippen LogP contribution in [-0.2, 0) is 4.74 Å². The maximum absolute atomic E-state index is 11.7. The summed E-state index contributed by atoms with van der Waals surface area (Å²) in [6, 6.07) is 26.2. The Hall–Kier alpha value is -3.93. The Morgan fingerprint density at radius 1 is 0.897 bits per heavy atom. The SMILES string of the molecule is COC(=O)c1ccc(N[C@H](c2ccccc2)c2nnc(-c3ccccc3)o2)cc1. The highest BCUT2D eigenvalue weighted by molar-refractivity contribution is 5.89. The van der Waals surface area contributed by atoms with Crippen molar-refractivity contribution in [3.8, 4) is 11.5 Å². The van der Waals surface area contributed by atoms with E-state index < -0.39 is 0 Å². The topological polar surface area (TPSA) is 77.2 Å². The van der Waals surface area contributed by atoms with Crippen molar-refractivity contribution >= 4 is 11.7 Å². The highest BCUT2D eigenvalue weighted by atomic mass is 16.5. The van der Waals surface area contributed by atoms with Crippen LogP contribution in [0.4, 0.5) is 5.69 Å². The molecule has 0 aliphatic rings. The smallest absolute Gasteiger partial charge is 0.337 e. The van der Waals surface area contributed by atoms with Gasteiger partial charge in [0.2, 0.25) is 11.8 Å². The van der Waals surface area contributed by atoms with Gasteiger partial charge in [-0.15, -0.1) is 10.2 Å². The first-order valence-electron chi connectivity index (χ1n) is 9.13. The van der Waals surface area contributed by atoms with Crippen molar-refractivity contribution in [2.75, 3.05) is 12.4 Å². The Labute approximate surface area is 168 Å². The molecule has 4 aromatic rings. The standard InChI is InChI=1S/C23H19N3O3/c1-28-23(27)18-12-14-19(15-13-18)24-20(16-8-4-2-5-9-16)22-26-25-21(29-22)17-10-6-3-7-11-17/h2-15,20,24H,1H3/t20-/m1/s1. The molecule has 0 bridgehead atoms. The molecule has 6 nitrogen and oxygen atoms in total. The van der Waals surface area contributed by atoms with Crippen LogP contribution in [0, 0.1) is 0 Å². The van der Waals surface area contributed by atoms with Gasteiger partial charge in [-0.3, -0.25) is 0 Å². The molecule has 4 rings (SSSR count). The number of carbonyl (C=O) groups excluding carboxylic acids is 1. The fraction of sp³-hybridized carbons (Fsp3) is 0.0870. The monoisotopic (exact) mass is 385 g/mol. The van der Waals surface area contributed by atoms with Crippen LogP contribution < -0.4 is 5.32 Å². The predicted octanol–water partition coefficient (Wildman–Crippen LogP) is 4.72. The van der Waals surface area contributed by atoms with E-state index in [2.05, 4.69) is 15.5 Å². The van der Waals surface area contributed by atoms with Crippen molar-refractivity contribution in [2.24, 2.45) is 0 Å². The normalized spacial score (nSPS) is 11.6. The van der Waals surface area contributed by atoms with Crippen LogP contribution >= 0.6 is 0 Å². The van der Waals surface area contributed by atoms with E-state index in [-0.39, 0.29) is 12.0 Å². The molecule has 0 amide bonds. The first-order chi connectivity index (χ1) is 14.2. The summed E-state index contributed by atoms with van der Waals surface area (Å²) in [5.74, 6) is 0.539. The third kappa shape index (κ3) is 4.16. The minimum atomic E-state index is -0.374. The Morgan fingerprint density at radius 2 is 1.55 bits per heavy atom. The van der Waals surface area contributed by atoms with Gasteiger partial charge >= 0.3 is 5.97 Å². The van der Waals surface area contributed by atoms with Gasteiger partial charge < -0.3 is 14.5 Å². The summed E-state index contributed by atoms with van der Waals surface area (Å²) in [7, 11) is 1.36. The fourth-order valence-electron chi connectivity index (χ4n) is 2.97. The lowest BCUT2D eigenvalue weighted by atomic mass is 10.1. The Bertz CT molecular complexity index is 1080. The van der Waals surface area contributed by atoms with Crippen molar-refractivity contribution in [3.63, 3.8) is 0 Å². The van der Waals surface area contributed by atoms with Gasteiger partial charge in [-0.2, -0.15) is 0 Å². The van der Waals surface area contributed by atoms with E-state index in [4.69, 9.17) is 9.15 Å². The minimum absolute atomic E-state index is 0.342. The number of esters is 1. The lowest BCUT2D eigenvalue weighted by molar-refractivity contribution is 0.0601. The quantitative estimate of drug-likeness (QED) is 0.484. The number of rotatable bonds is 6. The zero-order valence-corrected chi connectivity index (χ0v) is 15.8. The summed E-state index contributed by atoms with van der Waals surface area (Å²) in [5, 5.41) is 11.9. The molecule has 1 atom stereocenters. The van der Waals surface area contributed by atoms with Gasteiger partial charge in [0, 0.05) is 11.3 Å². The van der Waals surface area contributed by atoms with Crippen LogP contribution in [0.5, 0.6) is 0 Å². The van der Waals surface area contributed by atoms with Crippen molar-refractivity contribution in [3.05, 3.63) is 102 Å². The minimum Gasteiger partial charge on any atom is -0.465 e. The van der Waals surface area contributed by atoms with Crippen LogP contribution in [-0.4, -0.2) is 23.3 Å². The first-order valence-corrected chi connectivity index (χ1v) is 9.13. The van der Waals surface area contributed by atoms with Crippen molar-refractivity contribution in [1.82, 2.24) is 10.2 Å². The van der Waals surface area contributed by atoms with Gasteiger partial charge in [0.1, 0.15) is 6.04 Å².